The second-order valence-corrected chi connectivity index (χ2v) is 7.98. The van der Waals surface area contributed by atoms with E-state index in [4.69, 9.17) is 11.6 Å². The molecule has 2 aromatic carbocycles. The molecule has 0 radical (unpaired) electrons. The van der Waals surface area contributed by atoms with Crippen molar-refractivity contribution in [2.24, 2.45) is 0 Å². The third-order valence-electron chi connectivity index (χ3n) is 3.37. The molecule has 0 aliphatic carbocycles. The highest BCUT2D eigenvalue weighted by Crippen LogP contribution is 2.35. The van der Waals surface area contributed by atoms with E-state index < -0.39 is 32.6 Å². The molecule has 2 rings (SSSR count). The summed E-state index contributed by atoms with van der Waals surface area (Å²) in [7, 11) is -4.60. The molecule has 146 valence electrons. The van der Waals surface area contributed by atoms with Gasteiger partial charge in [0.2, 0.25) is 0 Å². The molecule has 0 unspecified atom stereocenters. The van der Waals surface area contributed by atoms with Gasteiger partial charge >= 0.3 is 6.18 Å². The van der Waals surface area contributed by atoms with Gasteiger partial charge in [-0.3, -0.25) is 9.52 Å². The van der Waals surface area contributed by atoms with E-state index in [1.54, 1.807) is 13.8 Å². The number of halogens is 4. The molecule has 2 N–H and O–H groups in total. The van der Waals surface area contributed by atoms with E-state index in [1.165, 1.54) is 18.2 Å². The van der Waals surface area contributed by atoms with E-state index in [9.17, 15) is 26.4 Å². The molecule has 27 heavy (non-hydrogen) atoms. The first-order chi connectivity index (χ1) is 12.4. The molecule has 0 bridgehead atoms. The quantitative estimate of drug-likeness (QED) is 0.757. The maximum atomic E-state index is 13.1. The van der Waals surface area contributed by atoms with Crippen LogP contribution in [0.4, 0.5) is 18.9 Å². The molecule has 0 fully saturated rings. The molecule has 0 aliphatic rings. The predicted octanol–water partition coefficient (Wildman–Crippen LogP) is 4.30. The largest absolute Gasteiger partial charge is 0.417 e. The highest BCUT2D eigenvalue weighted by atomic mass is 35.5. The first-order valence-corrected chi connectivity index (χ1v) is 9.57. The SMILES string of the molecule is CC(C)NC(=O)c1ccc(Cl)c(NS(=O)(=O)c2ccccc2C(F)(F)F)c1. The van der Waals surface area contributed by atoms with Crippen LogP contribution < -0.4 is 10.0 Å². The van der Waals surface area contributed by atoms with Crippen LogP contribution in [0.25, 0.3) is 0 Å². The molecule has 0 aliphatic heterocycles. The van der Waals surface area contributed by atoms with Crippen LogP contribution >= 0.6 is 11.6 Å². The maximum absolute atomic E-state index is 13.1. The Balaban J connectivity index is 2.44. The Morgan fingerprint density at radius 2 is 1.74 bits per heavy atom. The summed E-state index contributed by atoms with van der Waals surface area (Å²) in [6.45, 7) is 3.48. The van der Waals surface area contributed by atoms with Crippen LogP contribution in [0.1, 0.15) is 29.8 Å². The van der Waals surface area contributed by atoms with Crippen LogP contribution in [-0.2, 0) is 16.2 Å². The van der Waals surface area contributed by atoms with Gasteiger partial charge in [0.25, 0.3) is 15.9 Å². The topological polar surface area (TPSA) is 75.3 Å². The summed E-state index contributed by atoms with van der Waals surface area (Å²) in [5.74, 6) is -0.474. The van der Waals surface area contributed by atoms with Crippen LogP contribution in [0, 0.1) is 0 Å². The van der Waals surface area contributed by atoms with Gasteiger partial charge in [-0.1, -0.05) is 23.7 Å². The highest BCUT2D eigenvalue weighted by molar-refractivity contribution is 7.92. The number of anilines is 1. The van der Waals surface area contributed by atoms with Crippen molar-refractivity contribution in [2.45, 2.75) is 31.0 Å². The van der Waals surface area contributed by atoms with Gasteiger partial charge < -0.3 is 5.32 Å². The Morgan fingerprint density at radius 3 is 2.33 bits per heavy atom. The molecule has 0 atom stereocenters. The van der Waals surface area contributed by atoms with Gasteiger partial charge in [-0.25, -0.2) is 8.42 Å². The Morgan fingerprint density at radius 1 is 1.11 bits per heavy atom. The van der Waals surface area contributed by atoms with Crippen LogP contribution in [0.15, 0.2) is 47.4 Å². The number of sulfonamides is 1. The lowest BCUT2D eigenvalue weighted by Crippen LogP contribution is -2.30. The fourth-order valence-corrected chi connectivity index (χ4v) is 3.75. The molecule has 5 nitrogen and oxygen atoms in total. The van der Waals surface area contributed by atoms with E-state index in [0.29, 0.717) is 6.07 Å². The monoisotopic (exact) mass is 420 g/mol. The van der Waals surface area contributed by atoms with Gasteiger partial charge in [0.1, 0.15) is 0 Å². The third kappa shape index (κ3) is 5.14. The van der Waals surface area contributed by atoms with E-state index in [2.05, 4.69) is 5.32 Å². The summed E-state index contributed by atoms with van der Waals surface area (Å²) >= 11 is 5.95. The molecular formula is C17H16ClF3N2O3S. The van der Waals surface area contributed by atoms with Crippen LogP contribution in [0.5, 0.6) is 0 Å². The van der Waals surface area contributed by atoms with Crippen LogP contribution in [0.2, 0.25) is 5.02 Å². The van der Waals surface area contributed by atoms with Crippen molar-refractivity contribution in [3.05, 3.63) is 58.6 Å². The van der Waals surface area contributed by atoms with Crippen molar-refractivity contribution in [3.63, 3.8) is 0 Å². The number of carbonyl (C=O) groups excluding carboxylic acids is 1. The van der Waals surface area contributed by atoms with Gasteiger partial charge in [-0.2, -0.15) is 13.2 Å². The minimum absolute atomic E-state index is 0.0656. The minimum atomic E-state index is -4.85. The molecular weight excluding hydrogens is 405 g/mol. The zero-order valence-electron chi connectivity index (χ0n) is 14.3. The van der Waals surface area contributed by atoms with Gasteiger partial charge in [0, 0.05) is 11.6 Å². The van der Waals surface area contributed by atoms with E-state index in [1.807, 2.05) is 4.72 Å². The number of amides is 1. The summed E-state index contributed by atoms with van der Waals surface area (Å²) < 4.78 is 66.4. The summed E-state index contributed by atoms with van der Waals surface area (Å²) in [4.78, 5) is 11.1. The zero-order chi connectivity index (χ0) is 20.4. The number of hydrogen-bond acceptors (Lipinski definition) is 3. The molecule has 1 amide bonds. The first-order valence-electron chi connectivity index (χ1n) is 7.71. The lowest BCUT2D eigenvalue weighted by molar-refractivity contribution is -0.139. The number of carbonyl (C=O) groups is 1. The van der Waals surface area contributed by atoms with Crippen molar-refractivity contribution in [1.82, 2.24) is 5.32 Å². The zero-order valence-corrected chi connectivity index (χ0v) is 15.8. The second kappa shape index (κ2) is 7.77. The standard InChI is InChI=1S/C17H16ClF3N2O3S/c1-10(2)22-16(24)11-7-8-13(18)14(9-11)23-27(25,26)15-6-4-3-5-12(15)17(19,20)21/h3-10,23H,1-2H3,(H,22,24). The minimum Gasteiger partial charge on any atom is -0.350 e. The average Bonchev–Trinajstić information content (AvgIpc) is 2.55. The summed E-state index contributed by atoms with van der Waals surface area (Å²) in [5, 5.41) is 2.56. The van der Waals surface area contributed by atoms with Crippen molar-refractivity contribution in [3.8, 4) is 0 Å². The summed E-state index contributed by atoms with van der Waals surface area (Å²) in [6.07, 6.45) is -4.85. The van der Waals surface area contributed by atoms with Crippen molar-refractivity contribution in [2.75, 3.05) is 4.72 Å². The second-order valence-electron chi connectivity index (χ2n) is 5.92. The molecule has 0 saturated heterocycles. The number of alkyl halides is 3. The fraction of sp³-hybridized carbons (Fsp3) is 0.235. The van der Waals surface area contributed by atoms with Crippen molar-refractivity contribution >= 4 is 33.2 Å². The molecule has 0 saturated carbocycles. The van der Waals surface area contributed by atoms with Crippen LogP contribution in [-0.4, -0.2) is 20.4 Å². The van der Waals surface area contributed by atoms with Gasteiger partial charge in [0.15, 0.2) is 0 Å². The number of nitrogens with one attached hydrogen (secondary N) is 2. The molecule has 2 aromatic rings. The molecule has 0 heterocycles. The highest BCUT2D eigenvalue weighted by Gasteiger charge is 2.37. The van der Waals surface area contributed by atoms with Crippen molar-refractivity contribution < 1.29 is 26.4 Å². The Hall–Kier alpha value is -2.26. The molecule has 10 heteroatoms. The van der Waals surface area contributed by atoms with Gasteiger partial charge in [-0.05, 0) is 44.2 Å². The van der Waals surface area contributed by atoms with E-state index >= 15 is 0 Å². The summed E-state index contributed by atoms with van der Waals surface area (Å²) in [5.41, 5.74) is -1.40. The van der Waals surface area contributed by atoms with E-state index in [-0.39, 0.29) is 22.3 Å². The fourth-order valence-electron chi connectivity index (χ4n) is 2.23. The van der Waals surface area contributed by atoms with Crippen LogP contribution in [0.3, 0.4) is 0 Å². The Labute approximate surface area is 159 Å². The summed E-state index contributed by atoms with van der Waals surface area (Å²) in [6, 6.07) is 7.44. The molecule has 0 aromatic heterocycles. The third-order valence-corrected chi connectivity index (χ3v) is 5.13. The number of benzene rings is 2. The Bertz CT molecular complexity index is 960. The maximum Gasteiger partial charge on any atom is 0.417 e. The number of rotatable bonds is 5. The first kappa shape index (κ1) is 21.0. The Kier molecular flexibility index (Phi) is 6.06. The molecule has 0 spiro atoms. The van der Waals surface area contributed by atoms with E-state index in [0.717, 1.165) is 18.2 Å². The lowest BCUT2D eigenvalue weighted by atomic mass is 10.2. The smallest absolute Gasteiger partial charge is 0.350 e. The van der Waals surface area contributed by atoms with Gasteiger partial charge in [0.05, 0.1) is 21.2 Å². The van der Waals surface area contributed by atoms with Gasteiger partial charge in [-0.15, -0.1) is 0 Å². The lowest BCUT2D eigenvalue weighted by Gasteiger charge is -2.16. The predicted molar refractivity (Wildman–Crippen MR) is 96.3 cm³/mol. The average molecular weight is 421 g/mol. The van der Waals surface area contributed by atoms with Crippen molar-refractivity contribution in [1.29, 1.82) is 0 Å². The normalized spacial score (nSPS) is 12.1. The number of hydrogen-bond donors (Lipinski definition) is 2.